The van der Waals surface area contributed by atoms with E-state index in [0.717, 1.165) is 4.47 Å². The minimum absolute atomic E-state index is 0.181. The molecule has 9 heteroatoms. The van der Waals surface area contributed by atoms with Crippen LogP contribution in [0.25, 0.3) is 11.1 Å². The third kappa shape index (κ3) is 3.08. The van der Waals surface area contributed by atoms with Crippen LogP contribution in [-0.4, -0.2) is 20.3 Å². The first-order valence-electron chi connectivity index (χ1n) is 7.67. The van der Waals surface area contributed by atoms with Crippen molar-refractivity contribution in [2.75, 3.05) is 5.32 Å². The van der Waals surface area contributed by atoms with E-state index in [1.165, 1.54) is 4.57 Å². The molecule has 8 nitrogen and oxygen atoms in total. The van der Waals surface area contributed by atoms with Crippen LogP contribution in [0.4, 0.5) is 5.69 Å². The van der Waals surface area contributed by atoms with Crippen molar-refractivity contribution in [3.63, 3.8) is 0 Å². The number of nitrogens with one attached hydrogen (secondary N) is 1. The number of aryl methyl sites for hydroxylation is 1. The Balaban J connectivity index is 1.50. The molecule has 0 fully saturated rings. The number of oxazole rings is 1. The van der Waals surface area contributed by atoms with Crippen LogP contribution in [0.3, 0.4) is 0 Å². The SMILES string of the molecule is Cn1c(=O)oc2cc(NC(=O)c3ccc(Cn4cc(Br)cn4)o3)ccc21. The number of carbonyl (C=O) groups excluding carboxylic acids is 1. The normalized spacial score (nSPS) is 11.2. The predicted octanol–water partition coefficient (Wildman–Crippen LogP) is 2.98. The number of aromatic nitrogens is 3. The number of hydrogen-bond donors (Lipinski definition) is 1. The van der Waals surface area contributed by atoms with E-state index in [0.29, 0.717) is 29.1 Å². The second-order valence-corrected chi connectivity index (χ2v) is 6.60. The van der Waals surface area contributed by atoms with E-state index in [4.69, 9.17) is 8.83 Å². The van der Waals surface area contributed by atoms with Gasteiger partial charge >= 0.3 is 5.76 Å². The fourth-order valence-electron chi connectivity index (χ4n) is 2.57. The number of furan rings is 1. The molecule has 0 aliphatic rings. The lowest BCUT2D eigenvalue weighted by atomic mass is 10.2. The Bertz CT molecular complexity index is 1170. The second-order valence-electron chi connectivity index (χ2n) is 5.69. The molecule has 4 aromatic rings. The molecule has 1 N–H and O–H groups in total. The summed E-state index contributed by atoms with van der Waals surface area (Å²) in [5, 5.41) is 6.87. The summed E-state index contributed by atoms with van der Waals surface area (Å²) in [6.07, 6.45) is 3.49. The highest BCUT2D eigenvalue weighted by Gasteiger charge is 2.13. The number of nitrogens with zero attached hydrogens (tertiary/aromatic N) is 3. The zero-order chi connectivity index (χ0) is 18.3. The number of rotatable bonds is 4. The maximum absolute atomic E-state index is 12.4. The van der Waals surface area contributed by atoms with Gasteiger partial charge in [-0.25, -0.2) is 4.79 Å². The minimum Gasteiger partial charge on any atom is -0.454 e. The van der Waals surface area contributed by atoms with Crippen molar-refractivity contribution in [3.05, 3.63) is 69.3 Å². The summed E-state index contributed by atoms with van der Waals surface area (Å²) in [5.41, 5.74) is 1.56. The van der Waals surface area contributed by atoms with Crippen LogP contribution < -0.4 is 11.1 Å². The van der Waals surface area contributed by atoms with Gasteiger partial charge in [0, 0.05) is 25.0 Å². The first kappa shape index (κ1) is 16.4. The summed E-state index contributed by atoms with van der Waals surface area (Å²) in [6.45, 7) is 0.417. The fraction of sp³-hybridized carbons (Fsp3) is 0.118. The van der Waals surface area contributed by atoms with Gasteiger partial charge in [-0.1, -0.05) is 0 Å². The average Bonchev–Trinajstić information content (AvgIpc) is 3.29. The number of carbonyl (C=O) groups is 1. The topological polar surface area (TPSA) is 95.2 Å². The number of anilines is 1. The Morgan fingerprint density at radius 3 is 2.88 bits per heavy atom. The Morgan fingerprint density at radius 1 is 1.27 bits per heavy atom. The molecule has 1 aromatic carbocycles. The first-order chi connectivity index (χ1) is 12.5. The lowest BCUT2D eigenvalue weighted by molar-refractivity contribution is 0.0994. The number of hydrogen-bond acceptors (Lipinski definition) is 5. The molecule has 0 saturated heterocycles. The molecular weight excluding hydrogens is 404 g/mol. The van der Waals surface area contributed by atoms with Crippen LogP contribution in [0.5, 0.6) is 0 Å². The Kier molecular flexibility index (Phi) is 4.00. The van der Waals surface area contributed by atoms with Crippen LogP contribution in [-0.2, 0) is 13.6 Å². The van der Waals surface area contributed by atoms with Crippen molar-refractivity contribution >= 4 is 38.6 Å². The van der Waals surface area contributed by atoms with E-state index in [1.807, 2.05) is 6.20 Å². The van der Waals surface area contributed by atoms with Gasteiger partial charge < -0.3 is 14.2 Å². The van der Waals surface area contributed by atoms with Crippen LogP contribution in [0, 0.1) is 0 Å². The molecular formula is C17H13BrN4O4. The number of fused-ring (bicyclic) bond motifs is 1. The molecule has 0 aliphatic heterocycles. The van der Waals surface area contributed by atoms with Crippen LogP contribution in [0.15, 0.2) is 60.8 Å². The highest BCUT2D eigenvalue weighted by atomic mass is 79.9. The monoisotopic (exact) mass is 416 g/mol. The van der Waals surface area contributed by atoms with E-state index in [-0.39, 0.29) is 5.76 Å². The van der Waals surface area contributed by atoms with Crippen molar-refractivity contribution in [3.8, 4) is 0 Å². The minimum atomic E-state index is -0.454. The highest BCUT2D eigenvalue weighted by Crippen LogP contribution is 2.19. The molecule has 0 aliphatic carbocycles. The van der Waals surface area contributed by atoms with E-state index in [9.17, 15) is 9.59 Å². The van der Waals surface area contributed by atoms with Gasteiger partial charge in [0.05, 0.1) is 22.7 Å². The average molecular weight is 417 g/mol. The van der Waals surface area contributed by atoms with Gasteiger partial charge in [-0.15, -0.1) is 0 Å². The van der Waals surface area contributed by atoms with Gasteiger partial charge in [0.2, 0.25) is 0 Å². The Morgan fingerprint density at radius 2 is 2.12 bits per heavy atom. The summed E-state index contributed by atoms with van der Waals surface area (Å²) >= 11 is 3.33. The Labute approximate surface area is 155 Å². The largest absolute Gasteiger partial charge is 0.454 e. The van der Waals surface area contributed by atoms with E-state index < -0.39 is 11.7 Å². The molecule has 0 saturated carbocycles. The maximum Gasteiger partial charge on any atom is 0.419 e. The summed E-state index contributed by atoms with van der Waals surface area (Å²) in [4.78, 5) is 23.9. The predicted molar refractivity (Wildman–Crippen MR) is 97.1 cm³/mol. The third-order valence-electron chi connectivity index (χ3n) is 3.86. The van der Waals surface area contributed by atoms with Gasteiger partial charge in [-0.2, -0.15) is 5.10 Å². The number of amides is 1. The van der Waals surface area contributed by atoms with Crippen molar-refractivity contribution < 1.29 is 13.6 Å². The summed E-state index contributed by atoms with van der Waals surface area (Å²) < 4.78 is 14.6. The smallest absolute Gasteiger partial charge is 0.419 e. The standard InChI is InChI=1S/C17H13BrN4O4/c1-21-13-4-2-11(6-15(13)26-17(21)24)20-16(23)14-5-3-12(25-14)9-22-8-10(18)7-19-22/h2-8H,9H2,1H3,(H,20,23). The summed E-state index contributed by atoms with van der Waals surface area (Å²) in [7, 11) is 1.62. The lowest BCUT2D eigenvalue weighted by Crippen LogP contribution is -2.11. The van der Waals surface area contributed by atoms with Gasteiger partial charge in [0.1, 0.15) is 5.76 Å². The quantitative estimate of drug-likeness (QED) is 0.551. The van der Waals surface area contributed by atoms with Gasteiger partial charge in [0.15, 0.2) is 11.3 Å². The number of halogens is 1. The zero-order valence-electron chi connectivity index (χ0n) is 13.6. The van der Waals surface area contributed by atoms with E-state index in [2.05, 4.69) is 26.3 Å². The van der Waals surface area contributed by atoms with E-state index in [1.54, 1.807) is 48.3 Å². The van der Waals surface area contributed by atoms with Crippen molar-refractivity contribution in [2.24, 2.45) is 7.05 Å². The molecule has 0 atom stereocenters. The maximum atomic E-state index is 12.4. The highest BCUT2D eigenvalue weighted by molar-refractivity contribution is 9.10. The molecule has 3 heterocycles. The lowest BCUT2D eigenvalue weighted by Gasteiger charge is -2.03. The summed E-state index contributed by atoms with van der Waals surface area (Å²) in [6, 6.07) is 8.33. The van der Waals surface area contributed by atoms with Gasteiger partial charge in [0.25, 0.3) is 5.91 Å². The molecule has 0 radical (unpaired) electrons. The third-order valence-corrected chi connectivity index (χ3v) is 4.26. The molecule has 3 aromatic heterocycles. The van der Waals surface area contributed by atoms with Crippen molar-refractivity contribution in [2.45, 2.75) is 6.54 Å². The van der Waals surface area contributed by atoms with Crippen LogP contribution >= 0.6 is 15.9 Å². The zero-order valence-corrected chi connectivity index (χ0v) is 15.2. The van der Waals surface area contributed by atoms with Crippen molar-refractivity contribution in [1.82, 2.24) is 14.3 Å². The molecule has 26 heavy (non-hydrogen) atoms. The van der Waals surface area contributed by atoms with Gasteiger partial charge in [-0.05, 0) is 40.2 Å². The Hall–Kier alpha value is -3.07. The molecule has 0 unspecified atom stereocenters. The molecule has 4 rings (SSSR count). The molecule has 0 bridgehead atoms. The summed E-state index contributed by atoms with van der Waals surface area (Å²) in [5.74, 6) is -0.0592. The van der Waals surface area contributed by atoms with Crippen LogP contribution in [0.2, 0.25) is 0 Å². The van der Waals surface area contributed by atoms with Crippen molar-refractivity contribution in [1.29, 1.82) is 0 Å². The fourth-order valence-corrected chi connectivity index (χ4v) is 2.90. The number of benzene rings is 1. The molecule has 132 valence electrons. The molecule has 1 amide bonds. The van der Waals surface area contributed by atoms with Crippen LogP contribution in [0.1, 0.15) is 16.3 Å². The van der Waals surface area contributed by atoms with E-state index >= 15 is 0 Å². The first-order valence-corrected chi connectivity index (χ1v) is 8.46. The molecule has 0 spiro atoms. The van der Waals surface area contributed by atoms with Gasteiger partial charge in [-0.3, -0.25) is 14.0 Å². The second kappa shape index (κ2) is 6.34.